The van der Waals surface area contributed by atoms with Gasteiger partial charge in [-0.1, -0.05) is 48.5 Å². The molecule has 0 radical (unpaired) electrons. The topological polar surface area (TPSA) is 7.76 Å². The molecule has 3 aromatic carbocycles. The molecule has 2 nitrogen and oxygen atoms in total. The Morgan fingerprint density at radius 2 is 1.13 bits per heavy atom. The van der Waals surface area contributed by atoms with Crippen LogP contribution in [-0.2, 0) is 31.1 Å². The normalized spacial score (nSPS) is 17.5. The van der Waals surface area contributed by atoms with Crippen LogP contribution in [0.25, 0.3) is 39.3 Å². The summed E-state index contributed by atoms with van der Waals surface area (Å²) in [4.78, 5) is 0. The molecule has 0 N–H and O–H groups in total. The summed E-state index contributed by atoms with van der Waals surface area (Å²) in [7, 11) is 0. The first-order chi connectivity index (χ1) is 24.3. The second-order valence-electron chi connectivity index (χ2n) is 12.5. The van der Waals surface area contributed by atoms with E-state index in [2.05, 4.69) is 6.58 Å². The zero-order valence-corrected chi connectivity index (χ0v) is 26.4. The second-order valence-corrected chi connectivity index (χ2v) is 12.5. The van der Waals surface area contributed by atoms with Crippen molar-refractivity contribution < 1.29 is 61.8 Å². The Kier molecular flexibility index (Phi) is 8.11. The smallest absolute Gasteiger partial charge is 0.184 e. The molecule has 0 saturated heterocycles. The van der Waals surface area contributed by atoms with E-state index in [1.54, 1.807) is 71.4 Å². The van der Waals surface area contributed by atoms with Gasteiger partial charge in [-0.2, -0.15) is 61.8 Å². The minimum Gasteiger partial charge on any atom is -0.184 e. The Morgan fingerprint density at radius 1 is 0.558 bits per heavy atom. The van der Waals surface area contributed by atoms with Crippen LogP contribution < -0.4 is 9.13 Å². The van der Waals surface area contributed by atoms with Gasteiger partial charge in [-0.3, -0.25) is 0 Å². The molecule has 4 heterocycles. The van der Waals surface area contributed by atoms with E-state index < -0.39 is 88.6 Å². The zero-order chi connectivity index (χ0) is 37.5. The third-order valence-electron chi connectivity index (χ3n) is 9.62. The van der Waals surface area contributed by atoms with E-state index in [0.29, 0.717) is 22.4 Å². The maximum atomic E-state index is 15.2. The van der Waals surface area contributed by atoms with Gasteiger partial charge in [0.25, 0.3) is 0 Å². The predicted molar refractivity (Wildman–Crippen MR) is 165 cm³/mol. The van der Waals surface area contributed by atoms with Gasteiger partial charge in [0.05, 0.1) is 33.7 Å². The number of rotatable bonds is 1. The van der Waals surface area contributed by atoms with E-state index in [9.17, 15) is 26.3 Å². The summed E-state index contributed by atoms with van der Waals surface area (Å²) in [5.74, 6) is -0.893. The first-order valence-electron chi connectivity index (χ1n) is 15.7. The average molecular weight is 737 g/mol. The molecule has 0 fully saturated rings. The number of alkyl halides is 12. The van der Waals surface area contributed by atoms with Crippen molar-refractivity contribution in [3.8, 4) is 33.6 Å². The third-order valence-corrected chi connectivity index (χ3v) is 9.62. The van der Waals surface area contributed by atoms with Crippen LogP contribution in [0.5, 0.6) is 0 Å². The number of pyridine rings is 2. The van der Waals surface area contributed by atoms with Gasteiger partial charge in [-0.25, -0.2) is 0 Å². The van der Waals surface area contributed by atoms with Crippen LogP contribution >= 0.6 is 0 Å². The molecule has 0 saturated carbocycles. The van der Waals surface area contributed by atoms with Crippen LogP contribution in [0, 0.1) is 0 Å². The molecule has 0 amide bonds. The van der Waals surface area contributed by atoms with Gasteiger partial charge in [-0.05, 0) is 53.8 Å². The van der Waals surface area contributed by atoms with Gasteiger partial charge in [0, 0.05) is 29.8 Å². The minimum atomic E-state index is -6.52. The molecule has 2 atom stereocenters. The highest BCUT2D eigenvalue weighted by Gasteiger charge is 2.59. The number of benzene rings is 3. The summed E-state index contributed by atoms with van der Waals surface area (Å²) in [6.45, 7) is 4.16. The fraction of sp³-hybridized carbons (Fsp3) is 0.211. The molecule has 52 heavy (non-hydrogen) atoms. The highest BCUT2D eigenvalue weighted by atomic mass is 19.4. The van der Waals surface area contributed by atoms with E-state index in [-0.39, 0.29) is 11.3 Å². The van der Waals surface area contributed by atoms with Crippen LogP contribution in [0.1, 0.15) is 51.8 Å². The largest absolute Gasteiger partial charge is 0.417 e. The van der Waals surface area contributed by atoms with E-state index in [0.717, 1.165) is 10.6 Å². The SMILES string of the molecule is C=C1C2C(CCc3c(c(C(F)(F)F)c(C(F)(F)F)c(C(F)(F)F)c3C(F)(F)F)-c3cc(-c4ccccc4)cc[n+]31)c1ccccc1-c1cccc[n+]12. The molecule has 14 heteroatoms. The Bertz CT molecular complexity index is 2230. The quantitative estimate of drug-likeness (QED) is 0.120. The molecular formula is C38H24F12N2+2. The summed E-state index contributed by atoms with van der Waals surface area (Å²) in [6, 6.07) is 20.9. The number of fused-ring (bicyclic) bond motifs is 9. The second kappa shape index (κ2) is 12.0. The highest BCUT2D eigenvalue weighted by Crippen LogP contribution is 2.57. The van der Waals surface area contributed by atoms with E-state index in [1.807, 2.05) is 0 Å². The molecule has 2 unspecified atom stereocenters. The number of aromatic nitrogens is 2. The molecule has 2 aliphatic heterocycles. The van der Waals surface area contributed by atoms with Crippen molar-refractivity contribution in [3.63, 3.8) is 0 Å². The van der Waals surface area contributed by atoms with Gasteiger partial charge >= 0.3 is 24.7 Å². The standard InChI is InChI=1S/C38H24F12N2/c1-20-34-25(23-11-5-6-12-24(23)27-13-7-8-17-52(27)34)14-15-26-29(28-19-22(16-18-51(20)28)21-9-3-2-4-10-21)31(36(42,43)44)33(38(48,49)50)32(37(45,46)47)30(26)35(39,40)41/h2-13,16-19,25,34H,1,14-15H2/q+2. The van der Waals surface area contributed by atoms with E-state index in [1.165, 1.54) is 24.4 Å². The van der Waals surface area contributed by atoms with Crippen LogP contribution in [-0.4, -0.2) is 0 Å². The molecule has 2 aliphatic rings. The molecular weight excluding hydrogens is 712 g/mol. The molecule has 2 aromatic heterocycles. The Hall–Kier alpha value is -5.14. The van der Waals surface area contributed by atoms with Crippen LogP contribution in [0.2, 0.25) is 0 Å². The molecule has 0 aliphatic carbocycles. The fourth-order valence-corrected chi connectivity index (χ4v) is 7.74. The van der Waals surface area contributed by atoms with Crippen molar-refractivity contribution in [2.24, 2.45) is 0 Å². The van der Waals surface area contributed by atoms with Gasteiger partial charge in [-0.15, -0.1) is 0 Å². The number of hydrogen-bond donors (Lipinski definition) is 0. The first kappa shape index (κ1) is 35.3. The number of hydrogen-bond acceptors (Lipinski definition) is 0. The lowest BCUT2D eigenvalue weighted by atomic mass is 9.77. The molecule has 268 valence electrons. The molecule has 7 rings (SSSR count). The lowest BCUT2D eigenvalue weighted by molar-refractivity contribution is -0.727. The number of allylic oxidation sites excluding steroid dienone is 1. The monoisotopic (exact) mass is 736 g/mol. The van der Waals surface area contributed by atoms with E-state index >= 15 is 26.3 Å². The molecule has 0 bridgehead atoms. The summed E-state index contributed by atoms with van der Waals surface area (Å²) < 4.78 is 182. The first-order valence-corrected chi connectivity index (χ1v) is 15.7. The highest BCUT2D eigenvalue weighted by molar-refractivity contribution is 5.78. The number of halogens is 12. The van der Waals surface area contributed by atoms with Crippen molar-refractivity contribution in [2.45, 2.75) is 49.5 Å². The van der Waals surface area contributed by atoms with Crippen LogP contribution in [0.3, 0.4) is 0 Å². The Morgan fingerprint density at radius 3 is 1.77 bits per heavy atom. The van der Waals surface area contributed by atoms with Crippen molar-refractivity contribution in [2.75, 3.05) is 0 Å². The Balaban J connectivity index is 1.71. The Labute approximate surface area is 287 Å². The number of nitrogens with zero attached hydrogens (tertiary/aromatic N) is 2. The molecule has 5 aromatic rings. The van der Waals surface area contributed by atoms with Gasteiger partial charge in [0.1, 0.15) is 0 Å². The van der Waals surface area contributed by atoms with Gasteiger partial charge < -0.3 is 0 Å². The summed E-state index contributed by atoms with van der Waals surface area (Å²) in [5.41, 5.74) is -14.5. The van der Waals surface area contributed by atoms with Crippen molar-refractivity contribution >= 4 is 5.70 Å². The van der Waals surface area contributed by atoms with Crippen molar-refractivity contribution in [3.05, 3.63) is 137 Å². The zero-order valence-electron chi connectivity index (χ0n) is 26.4. The van der Waals surface area contributed by atoms with Crippen molar-refractivity contribution in [1.29, 1.82) is 0 Å². The fourth-order valence-electron chi connectivity index (χ4n) is 7.74. The van der Waals surface area contributed by atoms with E-state index in [4.69, 9.17) is 0 Å². The summed E-state index contributed by atoms with van der Waals surface area (Å²) in [6.07, 6.45) is -24.2. The average Bonchev–Trinajstić information content (AvgIpc) is 3.12. The maximum Gasteiger partial charge on any atom is 0.417 e. The third kappa shape index (κ3) is 5.72. The van der Waals surface area contributed by atoms with Gasteiger partial charge in [0.15, 0.2) is 12.4 Å². The lowest BCUT2D eigenvalue weighted by Gasteiger charge is -2.30. The van der Waals surface area contributed by atoms with Crippen LogP contribution in [0.15, 0.2) is 104 Å². The van der Waals surface area contributed by atoms with Crippen molar-refractivity contribution in [1.82, 2.24) is 0 Å². The minimum absolute atomic E-state index is 0.0328. The molecule has 0 spiro atoms. The maximum absolute atomic E-state index is 15.2. The lowest BCUT2D eigenvalue weighted by Crippen LogP contribution is -2.53. The predicted octanol–water partition coefficient (Wildman–Crippen LogP) is 11.1. The van der Waals surface area contributed by atoms with Gasteiger partial charge in [0.2, 0.25) is 23.1 Å². The summed E-state index contributed by atoms with van der Waals surface area (Å²) in [5, 5.41) is 0. The van der Waals surface area contributed by atoms with Crippen LogP contribution in [0.4, 0.5) is 52.7 Å². The summed E-state index contributed by atoms with van der Waals surface area (Å²) >= 11 is 0.